The van der Waals surface area contributed by atoms with Crippen LogP contribution in [-0.2, 0) is 27.4 Å². The van der Waals surface area contributed by atoms with Crippen molar-refractivity contribution in [1.82, 2.24) is 10.6 Å². The molecule has 0 amide bonds. The number of ether oxygens (including phenoxy) is 3. The second-order valence-corrected chi connectivity index (χ2v) is 6.61. The first-order valence-corrected chi connectivity index (χ1v) is 10.2. The third-order valence-electron chi connectivity index (χ3n) is 4.40. The van der Waals surface area contributed by atoms with E-state index >= 15 is 0 Å². The van der Waals surface area contributed by atoms with Gasteiger partial charge in [0.1, 0.15) is 0 Å². The molecule has 0 unspecified atom stereocenters. The molecule has 1 aromatic carbocycles. The van der Waals surface area contributed by atoms with Crippen molar-refractivity contribution in [2.75, 3.05) is 39.5 Å². The molecular weight excluding hydrogens is 342 g/mol. The number of guanidine groups is 1. The molecule has 1 aliphatic heterocycles. The van der Waals surface area contributed by atoms with Gasteiger partial charge in [0.05, 0.1) is 19.3 Å². The van der Waals surface area contributed by atoms with Crippen LogP contribution in [-0.4, -0.2) is 51.6 Å². The van der Waals surface area contributed by atoms with E-state index in [4.69, 9.17) is 14.2 Å². The number of nitrogens with one attached hydrogen (secondary N) is 2. The van der Waals surface area contributed by atoms with Crippen LogP contribution < -0.4 is 10.6 Å². The minimum absolute atomic E-state index is 0.333. The van der Waals surface area contributed by atoms with Gasteiger partial charge in [-0.05, 0) is 44.2 Å². The summed E-state index contributed by atoms with van der Waals surface area (Å²) in [4.78, 5) is 4.66. The first-order chi connectivity index (χ1) is 13.3. The molecule has 27 heavy (non-hydrogen) atoms. The fraction of sp³-hybridized carbons (Fsp3) is 0.667. The van der Waals surface area contributed by atoms with Crippen LogP contribution in [0.2, 0.25) is 0 Å². The van der Waals surface area contributed by atoms with Crippen LogP contribution in [0.4, 0.5) is 0 Å². The van der Waals surface area contributed by atoms with Gasteiger partial charge >= 0.3 is 0 Å². The number of benzene rings is 1. The van der Waals surface area contributed by atoms with E-state index in [2.05, 4.69) is 46.8 Å². The molecule has 2 rings (SSSR count). The van der Waals surface area contributed by atoms with E-state index in [-0.39, 0.29) is 0 Å². The molecule has 0 aliphatic carbocycles. The van der Waals surface area contributed by atoms with Crippen molar-refractivity contribution in [1.29, 1.82) is 0 Å². The van der Waals surface area contributed by atoms with Crippen LogP contribution >= 0.6 is 0 Å². The summed E-state index contributed by atoms with van der Waals surface area (Å²) in [6, 6.07) is 8.52. The lowest BCUT2D eigenvalue weighted by molar-refractivity contribution is -0.0390. The summed E-state index contributed by atoms with van der Waals surface area (Å²) in [6.07, 6.45) is 3.30. The Morgan fingerprint density at radius 3 is 2.56 bits per heavy atom. The molecule has 6 nitrogen and oxygen atoms in total. The van der Waals surface area contributed by atoms with Gasteiger partial charge in [-0.3, -0.25) is 0 Å². The molecule has 2 N–H and O–H groups in total. The molecule has 1 aliphatic rings. The lowest BCUT2D eigenvalue weighted by Crippen LogP contribution is -2.38. The molecule has 0 spiro atoms. The van der Waals surface area contributed by atoms with Gasteiger partial charge in [0, 0.05) is 39.5 Å². The Morgan fingerprint density at radius 1 is 1.11 bits per heavy atom. The Labute approximate surface area is 163 Å². The predicted molar refractivity (Wildman–Crippen MR) is 109 cm³/mol. The molecule has 0 bridgehead atoms. The van der Waals surface area contributed by atoms with Gasteiger partial charge in [-0.25, -0.2) is 4.99 Å². The molecule has 1 saturated heterocycles. The number of aliphatic imine (C=N–C) groups is 1. The van der Waals surface area contributed by atoms with Gasteiger partial charge in [-0.15, -0.1) is 0 Å². The van der Waals surface area contributed by atoms with Crippen LogP contribution in [0.25, 0.3) is 0 Å². The Bertz CT molecular complexity index is 528. The molecule has 0 saturated carbocycles. The lowest BCUT2D eigenvalue weighted by Gasteiger charge is -2.22. The van der Waals surface area contributed by atoms with Crippen molar-refractivity contribution in [2.24, 2.45) is 4.99 Å². The first kappa shape index (κ1) is 21.7. The molecular formula is C21H35N3O3. The van der Waals surface area contributed by atoms with Crippen LogP contribution in [0.3, 0.4) is 0 Å². The van der Waals surface area contributed by atoms with Gasteiger partial charge in [-0.1, -0.05) is 24.3 Å². The number of hydrogen-bond donors (Lipinski definition) is 2. The summed E-state index contributed by atoms with van der Waals surface area (Å²) in [7, 11) is 0. The topological polar surface area (TPSA) is 64.1 Å². The maximum atomic E-state index is 5.97. The van der Waals surface area contributed by atoms with E-state index in [0.29, 0.717) is 19.3 Å². The largest absolute Gasteiger partial charge is 0.382 e. The Morgan fingerprint density at radius 2 is 1.85 bits per heavy atom. The average Bonchev–Trinajstić information content (AvgIpc) is 2.72. The van der Waals surface area contributed by atoms with E-state index in [0.717, 1.165) is 64.7 Å². The van der Waals surface area contributed by atoms with Gasteiger partial charge < -0.3 is 24.8 Å². The number of hydrogen-bond acceptors (Lipinski definition) is 4. The maximum Gasteiger partial charge on any atom is 0.191 e. The number of nitrogens with zero attached hydrogens (tertiary/aromatic N) is 1. The van der Waals surface area contributed by atoms with Crippen molar-refractivity contribution in [3.63, 3.8) is 0 Å². The summed E-state index contributed by atoms with van der Waals surface area (Å²) >= 11 is 0. The van der Waals surface area contributed by atoms with Crippen molar-refractivity contribution in [3.05, 3.63) is 35.4 Å². The summed E-state index contributed by atoms with van der Waals surface area (Å²) < 4.78 is 16.7. The van der Waals surface area contributed by atoms with Gasteiger partial charge in [-0.2, -0.15) is 0 Å². The minimum atomic E-state index is 0.333. The van der Waals surface area contributed by atoms with Crippen LogP contribution in [0, 0.1) is 0 Å². The highest BCUT2D eigenvalue weighted by molar-refractivity contribution is 5.79. The fourth-order valence-electron chi connectivity index (χ4n) is 2.84. The Kier molecular flexibility index (Phi) is 10.9. The third kappa shape index (κ3) is 9.22. The summed E-state index contributed by atoms with van der Waals surface area (Å²) in [5.41, 5.74) is 2.39. The quantitative estimate of drug-likeness (QED) is 0.353. The van der Waals surface area contributed by atoms with E-state index in [1.165, 1.54) is 11.1 Å². The fourth-order valence-corrected chi connectivity index (χ4v) is 2.84. The summed E-state index contributed by atoms with van der Waals surface area (Å²) in [5.74, 6) is 0.848. The molecule has 0 aromatic heterocycles. The second kappa shape index (κ2) is 13.5. The molecule has 0 radical (unpaired) electrons. The first-order valence-electron chi connectivity index (χ1n) is 10.2. The van der Waals surface area contributed by atoms with E-state index in [9.17, 15) is 0 Å². The zero-order valence-corrected chi connectivity index (χ0v) is 16.8. The molecule has 152 valence electrons. The molecule has 1 fully saturated rings. The molecule has 0 atom stereocenters. The smallest absolute Gasteiger partial charge is 0.191 e. The Balaban J connectivity index is 1.74. The summed E-state index contributed by atoms with van der Waals surface area (Å²) in [6.45, 7) is 10.3. The second-order valence-electron chi connectivity index (χ2n) is 6.61. The lowest BCUT2D eigenvalue weighted by atomic mass is 10.1. The third-order valence-corrected chi connectivity index (χ3v) is 4.40. The predicted octanol–water partition coefficient (Wildman–Crippen LogP) is 2.86. The minimum Gasteiger partial charge on any atom is -0.382 e. The van der Waals surface area contributed by atoms with Gasteiger partial charge in [0.25, 0.3) is 0 Å². The van der Waals surface area contributed by atoms with Crippen LogP contribution in [0.5, 0.6) is 0 Å². The van der Waals surface area contributed by atoms with Crippen molar-refractivity contribution >= 4 is 5.96 Å². The molecule has 1 aromatic rings. The maximum absolute atomic E-state index is 5.97. The SMILES string of the molecule is CCNC(=NCc1ccc(COC2CCOCC2)cc1)NCCCOCC. The van der Waals surface area contributed by atoms with Crippen LogP contribution in [0.1, 0.15) is 44.2 Å². The molecule has 6 heteroatoms. The van der Waals surface area contributed by atoms with Gasteiger partial charge in [0.15, 0.2) is 5.96 Å². The number of rotatable bonds is 11. The monoisotopic (exact) mass is 377 g/mol. The average molecular weight is 378 g/mol. The van der Waals surface area contributed by atoms with Crippen molar-refractivity contribution in [2.45, 2.75) is 52.4 Å². The van der Waals surface area contributed by atoms with E-state index in [1.54, 1.807) is 0 Å². The Hall–Kier alpha value is -1.63. The van der Waals surface area contributed by atoms with E-state index in [1.807, 2.05) is 6.92 Å². The zero-order chi connectivity index (χ0) is 19.2. The standard InChI is InChI=1S/C21H35N3O3/c1-3-22-21(23-12-5-13-25-4-2)24-16-18-6-8-19(9-7-18)17-27-20-10-14-26-15-11-20/h6-9,20H,3-5,10-17H2,1-2H3,(H2,22,23,24). The van der Waals surface area contributed by atoms with E-state index < -0.39 is 0 Å². The summed E-state index contributed by atoms with van der Waals surface area (Å²) in [5, 5.41) is 6.63. The van der Waals surface area contributed by atoms with Crippen molar-refractivity contribution < 1.29 is 14.2 Å². The van der Waals surface area contributed by atoms with Crippen molar-refractivity contribution in [3.8, 4) is 0 Å². The van der Waals surface area contributed by atoms with Gasteiger partial charge in [0.2, 0.25) is 0 Å². The zero-order valence-electron chi connectivity index (χ0n) is 16.8. The highest BCUT2D eigenvalue weighted by Crippen LogP contribution is 2.14. The highest BCUT2D eigenvalue weighted by Gasteiger charge is 2.13. The van der Waals surface area contributed by atoms with Crippen LogP contribution in [0.15, 0.2) is 29.3 Å². The normalized spacial score (nSPS) is 15.7. The highest BCUT2D eigenvalue weighted by atomic mass is 16.5. The molecule has 1 heterocycles.